The van der Waals surface area contributed by atoms with Gasteiger partial charge in [0, 0.05) is 0 Å². The van der Waals surface area contributed by atoms with Gasteiger partial charge in [-0.3, -0.25) is 0 Å². The molecule has 0 aliphatic carbocycles. The molecule has 1 heteroatoms. The molecule has 0 aromatic carbocycles. The Kier molecular flexibility index (Phi) is 26.8. The average molecular weight is 311 g/mol. The minimum Gasteiger partial charge on any atom is -0.393 e. The number of aliphatic hydroxyl groups excluding tert-OH is 1. The monoisotopic (exact) mass is 310 g/mol. The topological polar surface area (TPSA) is 20.2 Å². The summed E-state index contributed by atoms with van der Waals surface area (Å²) in [4.78, 5) is 0. The Morgan fingerprint density at radius 2 is 1.59 bits per heavy atom. The highest BCUT2D eigenvalue weighted by atomic mass is 16.3. The fourth-order valence-electron chi connectivity index (χ4n) is 1.99. The van der Waals surface area contributed by atoms with E-state index in [-0.39, 0.29) is 6.10 Å². The van der Waals surface area contributed by atoms with E-state index >= 15 is 0 Å². The summed E-state index contributed by atoms with van der Waals surface area (Å²) >= 11 is 0. The molecule has 0 amide bonds. The predicted molar refractivity (Wildman–Crippen MR) is 103 cm³/mol. The largest absolute Gasteiger partial charge is 0.393 e. The fraction of sp³-hybridized carbons (Fsp3) is 0.810. The Hall–Kier alpha value is -0.740. The fourth-order valence-corrected chi connectivity index (χ4v) is 1.99. The van der Waals surface area contributed by atoms with E-state index in [0.717, 1.165) is 25.2 Å². The Morgan fingerprint density at radius 1 is 1.00 bits per heavy atom. The van der Waals surface area contributed by atoms with Crippen molar-refractivity contribution < 1.29 is 5.11 Å². The van der Waals surface area contributed by atoms with E-state index in [1.165, 1.54) is 38.5 Å². The summed E-state index contributed by atoms with van der Waals surface area (Å²) in [7, 11) is 0. The molecule has 2 unspecified atom stereocenters. The number of hydrogen-bond donors (Lipinski definition) is 1. The second kappa shape index (κ2) is 22.5. The highest BCUT2D eigenvalue weighted by Gasteiger charge is 2.09. The number of aliphatic hydroxyl groups is 1. The number of rotatable bonds is 11. The second-order valence-corrected chi connectivity index (χ2v) is 6.51. The molecule has 0 aliphatic heterocycles. The second-order valence-electron chi connectivity index (χ2n) is 6.51. The van der Waals surface area contributed by atoms with Crippen molar-refractivity contribution in [3.05, 3.63) is 12.7 Å². The Balaban J connectivity index is -0.000000313. The normalized spacial score (nSPS) is 12.4. The molecule has 0 spiro atoms. The summed E-state index contributed by atoms with van der Waals surface area (Å²) in [6.07, 6.45) is 20.8. The van der Waals surface area contributed by atoms with Crippen molar-refractivity contribution >= 4 is 0 Å². The lowest BCUT2D eigenvalue weighted by molar-refractivity contribution is 0.128. The molecule has 0 rings (SSSR count). The summed E-state index contributed by atoms with van der Waals surface area (Å²) in [5, 5.41) is 9.60. The molecule has 0 saturated heterocycles. The van der Waals surface area contributed by atoms with Crippen molar-refractivity contribution in [1.82, 2.24) is 0 Å². The summed E-state index contributed by atoms with van der Waals surface area (Å²) in [5.74, 6) is 1.39. The van der Waals surface area contributed by atoms with E-state index in [2.05, 4.69) is 54.0 Å². The van der Waals surface area contributed by atoms with E-state index in [0.29, 0.717) is 5.92 Å². The van der Waals surface area contributed by atoms with Gasteiger partial charge in [0.2, 0.25) is 0 Å². The van der Waals surface area contributed by atoms with Crippen LogP contribution in [0, 0.1) is 24.7 Å². The molecule has 132 valence electrons. The lowest BCUT2D eigenvalue weighted by atomic mass is 9.96. The molecule has 22 heavy (non-hydrogen) atoms. The van der Waals surface area contributed by atoms with Crippen molar-refractivity contribution in [3.8, 4) is 12.8 Å². The van der Waals surface area contributed by atoms with Crippen molar-refractivity contribution in [1.29, 1.82) is 0 Å². The first kappa shape index (κ1) is 26.2. The zero-order chi connectivity index (χ0) is 17.8. The number of unbranched alkanes of at least 4 members (excludes halogenated alkanes) is 4. The molecule has 0 heterocycles. The van der Waals surface area contributed by atoms with Gasteiger partial charge in [-0.05, 0) is 43.9 Å². The van der Waals surface area contributed by atoms with Gasteiger partial charge in [0.05, 0.1) is 6.10 Å². The molecular formula is C21H42O. The van der Waals surface area contributed by atoms with Crippen LogP contribution in [0.2, 0.25) is 0 Å². The third-order valence-corrected chi connectivity index (χ3v) is 3.71. The van der Waals surface area contributed by atoms with Gasteiger partial charge in [0.25, 0.3) is 0 Å². The molecule has 0 aromatic heterocycles. The van der Waals surface area contributed by atoms with Gasteiger partial charge in [0.15, 0.2) is 0 Å². The first-order valence-electron chi connectivity index (χ1n) is 9.10. The molecule has 0 bridgehead atoms. The van der Waals surface area contributed by atoms with E-state index in [1.54, 1.807) is 0 Å². The van der Waals surface area contributed by atoms with Crippen molar-refractivity contribution in [2.45, 2.75) is 98.5 Å². The van der Waals surface area contributed by atoms with Gasteiger partial charge in [-0.25, -0.2) is 0 Å². The quantitative estimate of drug-likeness (QED) is 0.258. The molecule has 1 nitrogen and oxygen atoms in total. The summed E-state index contributed by atoms with van der Waals surface area (Å²) < 4.78 is 0. The third kappa shape index (κ3) is 27.6. The zero-order valence-electron chi connectivity index (χ0n) is 16.0. The van der Waals surface area contributed by atoms with E-state index in [4.69, 9.17) is 0 Å². The van der Waals surface area contributed by atoms with Gasteiger partial charge in [-0.2, -0.15) is 0 Å². The standard InChI is InChI=1S/C11H24O.C8H16.C2H2/c1-5-10(4)8-11(12)7-6-9(2)3;1-3-5-7-8-6-4-2;1-2/h9-12H,5-8H2,1-4H3;3H,1,4-8H2,2H3;1-2H. The minimum absolute atomic E-state index is 0.0673. The Morgan fingerprint density at radius 3 is 2.00 bits per heavy atom. The molecule has 0 aromatic rings. The maximum Gasteiger partial charge on any atom is 0.0542 e. The lowest BCUT2D eigenvalue weighted by Gasteiger charge is -2.15. The predicted octanol–water partition coefficient (Wildman–Crippen LogP) is 6.61. The summed E-state index contributed by atoms with van der Waals surface area (Å²) in [6.45, 7) is 14.7. The van der Waals surface area contributed by atoms with Gasteiger partial charge < -0.3 is 5.11 Å². The van der Waals surface area contributed by atoms with Crippen molar-refractivity contribution in [2.24, 2.45) is 11.8 Å². The van der Waals surface area contributed by atoms with Crippen LogP contribution in [-0.2, 0) is 0 Å². The molecule has 0 fully saturated rings. The smallest absolute Gasteiger partial charge is 0.0542 e. The molecular weight excluding hydrogens is 268 g/mol. The first-order valence-corrected chi connectivity index (χ1v) is 9.10. The van der Waals surface area contributed by atoms with Gasteiger partial charge in [0.1, 0.15) is 0 Å². The minimum atomic E-state index is -0.0673. The maximum absolute atomic E-state index is 9.60. The molecule has 0 aliphatic rings. The first-order chi connectivity index (χ1) is 10.5. The van der Waals surface area contributed by atoms with Crippen LogP contribution in [0.3, 0.4) is 0 Å². The van der Waals surface area contributed by atoms with E-state index < -0.39 is 0 Å². The maximum atomic E-state index is 9.60. The molecule has 0 radical (unpaired) electrons. The molecule has 1 N–H and O–H groups in total. The van der Waals surface area contributed by atoms with Gasteiger partial charge in [-0.15, -0.1) is 19.4 Å². The van der Waals surface area contributed by atoms with Crippen molar-refractivity contribution in [3.63, 3.8) is 0 Å². The van der Waals surface area contributed by atoms with Crippen LogP contribution in [0.1, 0.15) is 92.4 Å². The number of hydrogen-bond acceptors (Lipinski definition) is 1. The van der Waals surface area contributed by atoms with Crippen molar-refractivity contribution in [2.75, 3.05) is 0 Å². The highest BCUT2D eigenvalue weighted by molar-refractivity contribution is 4.65. The Labute approximate surface area is 141 Å². The SMILES string of the molecule is C#C.C=CCCCCCC.CCC(C)CC(O)CCC(C)C. The van der Waals surface area contributed by atoms with Gasteiger partial charge >= 0.3 is 0 Å². The van der Waals surface area contributed by atoms with Crippen LogP contribution in [0.15, 0.2) is 12.7 Å². The third-order valence-electron chi connectivity index (χ3n) is 3.71. The zero-order valence-corrected chi connectivity index (χ0v) is 16.0. The van der Waals surface area contributed by atoms with Crippen LogP contribution in [-0.4, -0.2) is 11.2 Å². The van der Waals surface area contributed by atoms with Crippen LogP contribution in [0.5, 0.6) is 0 Å². The van der Waals surface area contributed by atoms with E-state index in [1.807, 2.05) is 6.08 Å². The number of terminal acetylenes is 1. The van der Waals surface area contributed by atoms with Crippen LogP contribution < -0.4 is 0 Å². The summed E-state index contributed by atoms with van der Waals surface area (Å²) in [6, 6.07) is 0. The van der Waals surface area contributed by atoms with Crippen LogP contribution in [0.25, 0.3) is 0 Å². The van der Waals surface area contributed by atoms with Crippen LogP contribution >= 0.6 is 0 Å². The average Bonchev–Trinajstić information content (AvgIpc) is 2.52. The lowest BCUT2D eigenvalue weighted by Crippen LogP contribution is -2.12. The Bertz CT molecular complexity index is 217. The van der Waals surface area contributed by atoms with Gasteiger partial charge in [-0.1, -0.05) is 66.4 Å². The summed E-state index contributed by atoms with van der Waals surface area (Å²) in [5.41, 5.74) is 0. The van der Waals surface area contributed by atoms with Crippen LogP contribution in [0.4, 0.5) is 0 Å². The number of allylic oxidation sites excluding steroid dienone is 1. The van der Waals surface area contributed by atoms with E-state index in [9.17, 15) is 5.11 Å². The molecule has 2 atom stereocenters. The highest BCUT2D eigenvalue weighted by Crippen LogP contribution is 2.15. The molecule has 0 saturated carbocycles.